The average Bonchev–Trinajstić information content (AvgIpc) is 2.04. The number of aliphatic carboxylic acids is 2. The van der Waals surface area contributed by atoms with E-state index < -0.39 is 18.0 Å². The number of carboxylic acids is 2. The number of carboxylic acid groups (broad SMARTS) is 2. The van der Waals surface area contributed by atoms with Crippen LogP contribution in [-0.4, -0.2) is 41.5 Å². The van der Waals surface area contributed by atoms with E-state index in [0.29, 0.717) is 0 Å². The van der Waals surface area contributed by atoms with E-state index in [1.54, 1.807) is 14.0 Å². The Kier molecular flexibility index (Phi) is 8.43. The highest BCUT2D eigenvalue weighted by Gasteiger charge is 2.04. The van der Waals surface area contributed by atoms with Gasteiger partial charge in [-0.25, -0.2) is 4.79 Å². The summed E-state index contributed by atoms with van der Waals surface area (Å²) in [7, 11) is 1.61. The molecule has 1 atom stereocenters. The summed E-state index contributed by atoms with van der Waals surface area (Å²) in [4.78, 5) is 27.8. The molecule has 0 bridgehead atoms. The van der Waals surface area contributed by atoms with Crippen molar-refractivity contribution in [1.82, 2.24) is 5.32 Å². The number of aldehydes is 1. The van der Waals surface area contributed by atoms with E-state index in [-0.39, 0.29) is 6.29 Å². The second-order valence-corrected chi connectivity index (χ2v) is 1.80. The number of carbonyl (C=O) groups is 3. The van der Waals surface area contributed by atoms with Gasteiger partial charge in [0, 0.05) is 0 Å². The predicted molar refractivity (Wildman–Crippen MR) is 39.9 cm³/mol. The first kappa shape index (κ1) is 13.2. The lowest BCUT2D eigenvalue weighted by Crippen LogP contribution is -2.29. The third-order valence-corrected chi connectivity index (χ3v) is 0.904. The maximum atomic E-state index is 9.87. The first-order valence-corrected chi connectivity index (χ1v) is 3.03. The number of nitrogens with one attached hydrogen (secondary N) is 1. The fraction of sp³-hybridized carbons (Fsp3) is 0.500. The van der Waals surface area contributed by atoms with Gasteiger partial charge < -0.3 is 15.5 Å². The highest BCUT2D eigenvalue weighted by atomic mass is 16.4. The van der Waals surface area contributed by atoms with Crippen LogP contribution in [0.1, 0.15) is 6.92 Å². The molecule has 0 aromatic heterocycles. The van der Waals surface area contributed by atoms with E-state index in [4.69, 9.17) is 19.8 Å². The molecule has 12 heavy (non-hydrogen) atoms. The Hall–Kier alpha value is -1.43. The van der Waals surface area contributed by atoms with Crippen molar-refractivity contribution in [3.63, 3.8) is 0 Å². The van der Waals surface area contributed by atoms with Gasteiger partial charge in [0.25, 0.3) is 0 Å². The molecule has 0 aliphatic heterocycles. The van der Waals surface area contributed by atoms with Gasteiger partial charge in [0.05, 0.1) is 0 Å². The standard InChI is InChI=1S/C4H9NO2.C2H2O3/c1-3(5-2)4(6)7;3-1-2(4)5/h3,5H,1-2H3,(H,6,7);1H,(H,4,5). The van der Waals surface area contributed by atoms with Crippen molar-refractivity contribution in [2.75, 3.05) is 7.05 Å². The zero-order chi connectivity index (χ0) is 10.1. The molecule has 70 valence electrons. The lowest BCUT2D eigenvalue weighted by atomic mass is 10.4. The highest BCUT2D eigenvalue weighted by molar-refractivity contribution is 6.19. The maximum absolute atomic E-state index is 9.87. The Bertz CT molecular complexity index is 167. The van der Waals surface area contributed by atoms with E-state index in [1.807, 2.05) is 0 Å². The van der Waals surface area contributed by atoms with Crippen molar-refractivity contribution < 1.29 is 24.6 Å². The Balaban J connectivity index is 0. The molecule has 0 rings (SSSR count). The largest absolute Gasteiger partial charge is 0.480 e. The van der Waals surface area contributed by atoms with Crippen molar-refractivity contribution in [2.45, 2.75) is 13.0 Å². The summed E-state index contributed by atoms with van der Waals surface area (Å²) in [6.07, 6.45) is -0.167. The smallest absolute Gasteiger partial charge is 0.368 e. The molecule has 1 unspecified atom stereocenters. The van der Waals surface area contributed by atoms with Crippen LogP contribution in [0.2, 0.25) is 0 Å². The minimum atomic E-state index is -1.43. The molecule has 0 fully saturated rings. The summed E-state index contributed by atoms with van der Waals surface area (Å²) in [5.41, 5.74) is 0. The summed E-state index contributed by atoms with van der Waals surface area (Å²) in [6, 6.07) is -0.431. The molecule has 0 aliphatic rings. The monoisotopic (exact) mass is 177 g/mol. The number of rotatable bonds is 3. The molecule has 0 saturated carbocycles. The number of carbonyl (C=O) groups excluding carboxylic acids is 1. The minimum Gasteiger partial charge on any atom is -0.480 e. The van der Waals surface area contributed by atoms with Crippen LogP contribution in [0.5, 0.6) is 0 Å². The first-order chi connectivity index (χ1) is 5.45. The fourth-order valence-corrected chi connectivity index (χ4v) is 0.123. The van der Waals surface area contributed by atoms with Crippen molar-refractivity contribution in [3.05, 3.63) is 0 Å². The van der Waals surface area contributed by atoms with Crippen LogP contribution in [0, 0.1) is 0 Å². The van der Waals surface area contributed by atoms with Crippen molar-refractivity contribution in [3.8, 4) is 0 Å². The second-order valence-electron chi connectivity index (χ2n) is 1.80. The molecule has 0 aromatic carbocycles. The summed E-state index contributed by atoms with van der Waals surface area (Å²) in [5, 5.41) is 18.0. The SMILES string of the molecule is CNC(C)C(=O)O.O=CC(=O)O. The highest BCUT2D eigenvalue weighted by Crippen LogP contribution is 1.74. The number of hydrogen-bond donors (Lipinski definition) is 3. The normalized spacial score (nSPS) is 10.5. The molecule has 0 saturated heterocycles. The topological polar surface area (TPSA) is 104 Å². The second kappa shape index (κ2) is 7.67. The van der Waals surface area contributed by atoms with Crippen molar-refractivity contribution in [1.29, 1.82) is 0 Å². The predicted octanol–water partition coefficient (Wildman–Crippen LogP) is -1.05. The Labute approximate surface area is 69.2 Å². The van der Waals surface area contributed by atoms with Gasteiger partial charge in [0.2, 0.25) is 6.29 Å². The lowest BCUT2D eigenvalue weighted by Gasteiger charge is -1.99. The van der Waals surface area contributed by atoms with Crippen LogP contribution in [0.4, 0.5) is 0 Å². The summed E-state index contributed by atoms with van der Waals surface area (Å²) in [5.74, 6) is -2.24. The number of hydrogen-bond acceptors (Lipinski definition) is 4. The Morgan fingerprint density at radius 2 is 1.75 bits per heavy atom. The Morgan fingerprint density at radius 1 is 1.42 bits per heavy atom. The van der Waals surface area contributed by atoms with E-state index in [2.05, 4.69) is 5.32 Å². The molecule has 0 amide bonds. The third kappa shape index (κ3) is 11.4. The van der Waals surface area contributed by atoms with E-state index in [0.717, 1.165) is 0 Å². The van der Waals surface area contributed by atoms with Gasteiger partial charge in [-0.3, -0.25) is 9.59 Å². The van der Waals surface area contributed by atoms with Gasteiger partial charge in [0.1, 0.15) is 6.04 Å². The van der Waals surface area contributed by atoms with E-state index in [9.17, 15) is 4.79 Å². The van der Waals surface area contributed by atoms with Crippen LogP contribution in [0.15, 0.2) is 0 Å². The van der Waals surface area contributed by atoms with Gasteiger partial charge in [-0.05, 0) is 14.0 Å². The van der Waals surface area contributed by atoms with Crippen LogP contribution < -0.4 is 5.32 Å². The molecular formula is C6H11NO5. The van der Waals surface area contributed by atoms with E-state index in [1.165, 1.54) is 0 Å². The van der Waals surface area contributed by atoms with Gasteiger partial charge >= 0.3 is 11.9 Å². The number of likely N-dealkylation sites (N-methyl/N-ethyl adjacent to an activating group) is 1. The molecule has 6 nitrogen and oxygen atoms in total. The van der Waals surface area contributed by atoms with Crippen LogP contribution in [0.3, 0.4) is 0 Å². The molecule has 6 heteroatoms. The quantitative estimate of drug-likeness (QED) is 0.375. The van der Waals surface area contributed by atoms with Gasteiger partial charge in [-0.1, -0.05) is 0 Å². The van der Waals surface area contributed by atoms with Crippen molar-refractivity contribution >= 4 is 18.2 Å². The van der Waals surface area contributed by atoms with Crippen LogP contribution in [-0.2, 0) is 14.4 Å². The zero-order valence-corrected chi connectivity index (χ0v) is 6.77. The average molecular weight is 177 g/mol. The van der Waals surface area contributed by atoms with Gasteiger partial charge in [-0.2, -0.15) is 0 Å². The Morgan fingerprint density at radius 3 is 1.75 bits per heavy atom. The van der Waals surface area contributed by atoms with Crippen LogP contribution >= 0.6 is 0 Å². The van der Waals surface area contributed by atoms with E-state index >= 15 is 0 Å². The van der Waals surface area contributed by atoms with Gasteiger partial charge in [0.15, 0.2) is 0 Å². The third-order valence-electron chi connectivity index (χ3n) is 0.904. The molecule has 0 aliphatic carbocycles. The van der Waals surface area contributed by atoms with Crippen molar-refractivity contribution in [2.24, 2.45) is 0 Å². The molecule has 3 N–H and O–H groups in total. The molecular weight excluding hydrogens is 166 g/mol. The summed E-state index contributed by atoms with van der Waals surface area (Å²) in [6.45, 7) is 1.59. The minimum absolute atomic E-state index is 0.167. The molecule has 0 spiro atoms. The molecule has 0 radical (unpaired) electrons. The summed E-state index contributed by atoms with van der Waals surface area (Å²) >= 11 is 0. The molecule has 0 heterocycles. The maximum Gasteiger partial charge on any atom is 0.368 e. The van der Waals surface area contributed by atoms with Crippen LogP contribution in [0.25, 0.3) is 0 Å². The lowest BCUT2D eigenvalue weighted by molar-refractivity contribution is -0.143. The fourth-order valence-electron chi connectivity index (χ4n) is 0.123. The summed E-state index contributed by atoms with van der Waals surface area (Å²) < 4.78 is 0. The first-order valence-electron chi connectivity index (χ1n) is 3.03. The molecule has 0 aromatic rings. The van der Waals surface area contributed by atoms with Gasteiger partial charge in [-0.15, -0.1) is 0 Å². The zero-order valence-electron chi connectivity index (χ0n) is 6.77.